The predicted molar refractivity (Wildman–Crippen MR) is 82.7 cm³/mol. The average molecular weight is 279 g/mol. The van der Waals surface area contributed by atoms with Crippen LogP contribution in [0.2, 0.25) is 0 Å². The molecule has 1 heterocycles. The Morgan fingerprint density at radius 1 is 1.25 bits per heavy atom. The third-order valence-electron chi connectivity index (χ3n) is 4.31. The first kappa shape index (κ1) is 15.3. The van der Waals surface area contributed by atoms with Crippen molar-refractivity contribution in [1.29, 1.82) is 0 Å². The fraction of sp³-hybridized carbons (Fsp3) is 0.625. The van der Waals surface area contributed by atoms with Gasteiger partial charge in [0.05, 0.1) is 5.69 Å². The molecule has 112 valence electrons. The van der Waals surface area contributed by atoms with E-state index in [9.17, 15) is 4.39 Å². The van der Waals surface area contributed by atoms with Crippen LogP contribution in [-0.2, 0) is 6.42 Å². The van der Waals surface area contributed by atoms with E-state index in [1.807, 2.05) is 12.1 Å². The van der Waals surface area contributed by atoms with E-state index in [-0.39, 0.29) is 5.82 Å². The van der Waals surface area contributed by atoms with E-state index in [0.29, 0.717) is 12.6 Å². The van der Waals surface area contributed by atoms with Crippen LogP contribution in [0.5, 0.6) is 0 Å². The molecule has 2 rings (SSSR count). The molecule has 1 aliphatic heterocycles. The summed E-state index contributed by atoms with van der Waals surface area (Å²) in [7, 11) is 0. The van der Waals surface area contributed by atoms with Gasteiger partial charge in [-0.3, -0.25) is 4.90 Å². The van der Waals surface area contributed by atoms with Gasteiger partial charge in [0.2, 0.25) is 0 Å². The molecule has 1 fully saturated rings. The number of benzene rings is 1. The number of nitrogens with two attached hydrogens (primary N) is 1. The van der Waals surface area contributed by atoms with E-state index in [1.54, 1.807) is 6.07 Å². The van der Waals surface area contributed by atoms with Gasteiger partial charge in [-0.1, -0.05) is 13.0 Å². The Bertz CT molecular complexity index is 428. The Morgan fingerprint density at radius 3 is 2.50 bits per heavy atom. The van der Waals surface area contributed by atoms with Crippen LogP contribution in [0.1, 0.15) is 25.8 Å². The lowest BCUT2D eigenvalue weighted by Gasteiger charge is -2.39. The lowest BCUT2D eigenvalue weighted by Crippen LogP contribution is -2.49. The van der Waals surface area contributed by atoms with E-state index in [0.717, 1.165) is 43.9 Å². The van der Waals surface area contributed by atoms with Crippen molar-refractivity contribution in [2.75, 3.05) is 37.6 Å². The molecule has 0 aromatic heterocycles. The van der Waals surface area contributed by atoms with Gasteiger partial charge in [-0.2, -0.15) is 0 Å². The second-order valence-corrected chi connectivity index (χ2v) is 5.60. The maximum Gasteiger partial charge on any atom is 0.146 e. The van der Waals surface area contributed by atoms with E-state index >= 15 is 0 Å². The lowest BCUT2D eigenvalue weighted by atomic mass is 10.1. The molecule has 0 radical (unpaired) electrons. The van der Waals surface area contributed by atoms with Crippen LogP contribution in [0, 0.1) is 5.82 Å². The predicted octanol–water partition coefficient (Wildman–Crippen LogP) is 2.25. The number of halogens is 1. The Balaban J connectivity index is 2.00. The van der Waals surface area contributed by atoms with Gasteiger partial charge in [0.15, 0.2) is 0 Å². The van der Waals surface area contributed by atoms with Gasteiger partial charge in [0.25, 0.3) is 0 Å². The van der Waals surface area contributed by atoms with Gasteiger partial charge in [0.1, 0.15) is 5.82 Å². The zero-order valence-corrected chi connectivity index (χ0v) is 12.6. The van der Waals surface area contributed by atoms with Crippen LogP contribution >= 0.6 is 0 Å². The molecule has 1 atom stereocenters. The van der Waals surface area contributed by atoms with E-state index in [4.69, 9.17) is 5.73 Å². The van der Waals surface area contributed by atoms with Crippen molar-refractivity contribution in [2.24, 2.45) is 5.73 Å². The van der Waals surface area contributed by atoms with Crippen LogP contribution in [0.25, 0.3) is 0 Å². The highest BCUT2D eigenvalue weighted by Crippen LogP contribution is 2.22. The molecule has 1 unspecified atom stereocenters. The highest BCUT2D eigenvalue weighted by Gasteiger charge is 2.21. The first-order valence-electron chi connectivity index (χ1n) is 7.63. The van der Waals surface area contributed by atoms with Gasteiger partial charge in [-0.05, 0) is 44.0 Å². The molecular formula is C16H26FN3. The molecule has 0 bridgehead atoms. The van der Waals surface area contributed by atoms with Crippen molar-refractivity contribution in [3.63, 3.8) is 0 Å². The molecule has 2 N–H and O–H groups in total. The molecular weight excluding hydrogens is 253 g/mol. The normalized spacial score (nSPS) is 18.3. The van der Waals surface area contributed by atoms with Gasteiger partial charge in [-0.15, -0.1) is 0 Å². The Kier molecular flexibility index (Phi) is 5.38. The number of nitrogens with zero attached hydrogens (tertiary/aromatic N) is 2. The average Bonchev–Trinajstić information content (AvgIpc) is 2.47. The molecule has 0 amide bonds. The van der Waals surface area contributed by atoms with Gasteiger partial charge >= 0.3 is 0 Å². The topological polar surface area (TPSA) is 32.5 Å². The Labute approximate surface area is 121 Å². The molecule has 1 saturated heterocycles. The number of hydrogen-bond donors (Lipinski definition) is 1. The second-order valence-electron chi connectivity index (χ2n) is 5.60. The summed E-state index contributed by atoms with van der Waals surface area (Å²) in [6, 6.07) is 6.14. The summed E-state index contributed by atoms with van der Waals surface area (Å²) >= 11 is 0. The SMILES string of the molecule is CCC(C)N1CCN(c2ccc(CCN)cc2F)CC1. The summed E-state index contributed by atoms with van der Waals surface area (Å²) in [6.07, 6.45) is 1.90. The lowest BCUT2D eigenvalue weighted by molar-refractivity contribution is 0.192. The first-order chi connectivity index (χ1) is 9.65. The number of hydrogen-bond acceptors (Lipinski definition) is 3. The van der Waals surface area contributed by atoms with Crippen LogP contribution in [0.4, 0.5) is 10.1 Å². The fourth-order valence-electron chi connectivity index (χ4n) is 2.79. The Morgan fingerprint density at radius 2 is 1.95 bits per heavy atom. The quantitative estimate of drug-likeness (QED) is 0.897. The third-order valence-corrected chi connectivity index (χ3v) is 4.31. The van der Waals surface area contributed by atoms with Crippen LogP contribution in [0.3, 0.4) is 0 Å². The van der Waals surface area contributed by atoms with Crippen molar-refractivity contribution in [3.05, 3.63) is 29.6 Å². The van der Waals surface area contributed by atoms with Crippen LogP contribution in [0.15, 0.2) is 18.2 Å². The molecule has 1 aromatic carbocycles. The zero-order valence-electron chi connectivity index (χ0n) is 12.6. The molecule has 1 aromatic rings. The summed E-state index contributed by atoms with van der Waals surface area (Å²) in [5.41, 5.74) is 7.22. The molecule has 0 saturated carbocycles. The number of rotatable bonds is 5. The van der Waals surface area contributed by atoms with Crippen LogP contribution in [-0.4, -0.2) is 43.7 Å². The molecule has 0 aliphatic carbocycles. The molecule has 1 aliphatic rings. The van der Waals surface area contributed by atoms with E-state index < -0.39 is 0 Å². The molecule has 0 spiro atoms. The van der Waals surface area contributed by atoms with Gasteiger partial charge < -0.3 is 10.6 Å². The van der Waals surface area contributed by atoms with Gasteiger partial charge in [-0.25, -0.2) is 4.39 Å². The summed E-state index contributed by atoms with van der Waals surface area (Å²) in [4.78, 5) is 4.64. The minimum atomic E-state index is -0.118. The number of anilines is 1. The maximum absolute atomic E-state index is 14.2. The summed E-state index contributed by atoms with van der Waals surface area (Å²) in [5.74, 6) is -0.118. The van der Waals surface area contributed by atoms with Crippen molar-refractivity contribution in [1.82, 2.24) is 4.90 Å². The monoisotopic (exact) mass is 279 g/mol. The standard InChI is InChI=1S/C16H26FN3/c1-3-13(2)19-8-10-20(11-9-19)16-5-4-14(6-7-18)12-15(16)17/h4-5,12-13H,3,6-11,18H2,1-2H3. The second kappa shape index (κ2) is 7.04. The largest absolute Gasteiger partial charge is 0.367 e. The smallest absolute Gasteiger partial charge is 0.146 e. The third kappa shape index (κ3) is 3.49. The number of piperazine rings is 1. The van der Waals surface area contributed by atoms with Gasteiger partial charge in [0, 0.05) is 32.2 Å². The van der Waals surface area contributed by atoms with Crippen molar-refractivity contribution < 1.29 is 4.39 Å². The molecule has 20 heavy (non-hydrogen) atoms. The van der Waals surface area contributed by atoms with Crippen molar-refractivity contribution in [2.45, 2.75) is 32.7 Å². The minimum Gasteiger partial charge on any atom is -0.367 e. The Hall–Kier alpha value is -1.13. The van der Waals surface area contributed by atoms with E-state index in [1.165, 1.54) is 6.42 Å². The summed E-state index contributed by atoms with van der Waals surface area (Å²) < 4.78 is 14.2. The minimum absolute atomic E-state index is 0.118. The highest BCUT2D eigenvalue weighted by molar-refractivity contribution is 5.49. The molecule has 3 nitrogen and oxygen atoms in total. The van der Waals surface area contributed by atoms with Crippen LogP contribution < -0.4 is 10.6 Å². The molecule has 4 heteroatoms. The summed E-state index contributed by atoms with van der Waals surface area (Å²) in [6.45, 7) is 8.87. The van der Waals surface area contributed by atoms with Crippen molar-refractivity contribution >= 4 is 5.69 Å². The fourth-order valence-corrected chi connectivity index (χ4v) is 2.79. The van der Waals surface area contributed by atoms with E-state index in [2.05, 4.69) is 23.6 Å². The maximum atomic E-state index is 14.2. The summed E-state index contributed by atoms with van der Waals surface area (Å²) in [5, 5.41) is 0. The highest BCUT2D eigenvalue weighted by atomic mass is 19.1. The van der Waals surface area contributed by atoms with Crippen molar-refractivity contribution in [3.8, 4) is 0 Å². The zero-order chi connectivity index (χ0) is 14.5. The first-order valence-corrected chi connectivity index (χ1v) is 7.63.